The van der Waals surface area contributed by atoms with Crippen LogP contribution in [0.5, 0.6) is 5.75 Å². The van der Waals surface area contributed by atoms with Crippen LogP contribution in [0.2, 0.25) is 0 Å². The maximum Gasteiger partial charge on any atom is 0.212 e. The summed E-state index contributed by atoms with van der Waals surface area (Å²) in [4.78, 5) is 1.31. The minimum atomic E-state index is -0.417. The topological polar surface area (TPSA) is 73.1 Å². The highest BCUT2D eigenvalue weighted by atomic mass is 19.1. The van der Waals surface area contributed by atoms with E-state index in [1.807, 2.05) is 0 Å². The number of hydrogen-bond donors (Lipinski definition) is 1. The summed E-state index contributed by atoms with van der Waals surface area (Å²) in [6.07, 6.45) is 0.350. The normalized spacial score (nSPS) is 9.95. The minimum absolute atomic E-state index is 0.0199. The minimum Gasteiger partial charge on any atom is -0.484 e. The number of aliphatic hydroxyl groups excluding tert-OH is 1. The van der Waals surface area contributed by atoms with Crippen LogP contribution in [-0.4, -0.2) is 31.9 Å². The van der Waals surface area contributed by atoms with Crippen LogP contribution in [0.4, 0.5) is 4.39 Å². The van der Waals surface area contributed by atoms with Crippen LogP contribution in [0.3, 0.4) is 0 Å². The van der Waals surface area contributed by atoms with E-state index in [2.05, 4.69) is 27.3 Å². The van der Waals surface area contributed by atoms with Gasteiger partial charge in [0, 0.05) is 12.5 Å². The molecule has 1 aromatic heterocycles. The Bertz CT molecular complexity index is 645. The molecule has 0 bridgehead atoms. The van der Waals surface area contributed by atoms with E-state index in [9.17, 15) is 4.39 Å². The van der Waals surface area contributed by atoms with Gasteiger partial charge in [0.2, 0.25) is 5.82 Å². The average Bonchev–Trinajstić information content (AvgIpc) is 2.84. The molecule has 1 heterocycles. The molecule has 0 aliphatic carbocycles. The summed E-state index contributed by atoms with van der Waals surface area (Å²) < 4.78 is 18.7. The van der Waals surface area contributed by atoms with Crippen LogP contribution in [0, 0.1) is 17.7 Å². The Morgan fingerprint density at radius 3 is 3.00 bits per heavy atom. The Morgan fingerprint density at radius 2 is 2.30 bits per heavy atom. The third-order valence-electron chi connectivity index (χ3n) is 2.31. The van der Waals surface area contributed by atoms with Gasteiger partial charge in [-0.1, -0.05) is 11.8 Å². The van der Waals surface area contributed by atoms with E-state index in [0.717, 1.165) is 0 Å². The molecule has 7 heteroatoms. The van der Waals surface area contributed by atoms with Crippen molar-refractivity contribution in [2.45, 2.75) is 13.0 Å². The fourth-order valence-corrected chi connectivity index (χ4v) is 1.46. The van der Waals surface area contributed by atoms with Gasteiger partial charge in [-0.25, -0.2) is 4.39 Å². The molecule has 0 saturated heterocycles. The van der Waals surface area contributed by atoms with Gasteiger partial charge in [-0.3, -0.25) is 0 Å². The van der Waals surface area contributed by atoms with E-state index >= 15 is 0 Å². The third kappa shape index (κ3) is 3.76. The Morgan fingerprint density at radius 1 is 1.45 bits per heavy atom. The summed E-state index contributed by atoms with van der Waals surface area (Å²) in [6.45, 7) is 0.0554. The summed E-state index contributed by atoms with van der Waals surface area (Å²) in [5.74, 6) is 5.87. The Balaban J connectivity index is 2.13. The van der Waals surface area contributed by atoms with E-state index in [1.165, 1.54) is 23.0 Å². The van der Waals surface area contributed by atoms with Gasteiger partial charge in [-0.05, 0) is 17.3 Å². The molecule has 20 heavy (non-hydrogen) atoms. The Labute approximate surface area is 115 Å². The first-order valence-corrected chi connectivity index (χ1v) is 5.94. The molecule has 104 valence electrons. The number of hydrogen-bond acceptors (Lipinski definition) is 5. The average molecular weight is 276 g/mol. The molecular formula is C13H13FN4O2. The molecule has 1 N–H and O–H groups in total. The standard InChI is InChI=1S/C13H13FN4O2/c1-18-16-13(15-17-18)9-20-12-8-11(14)6-5-10(12)4-2-3-7-19/h5-6,8,19H,3,7,9H2,1H3. The molecule has 1 aromatic carbocycles. The van der Waals surface area contributed by atoms with Crippen LogP contribution in [0.15, 0.2) is 18.2 Å². The van der Waals surface area contributed by atoms with Gasteiger partial charge >= 0.3 is 0 Å². The fourth-order valence-electron chi connectivity index (χ4n) is 1.46. The molecule has 0 aliphatic heterocycles. The molecule has 0 aliphatic rings. The number of aliphatic hydroxyl groups is 1. The number of ether oxygens (including phenoxy) is 1. The van der Waals surface area contributed by atoms with Gasteiger partial charge in [0.05, 0.1) is 19.2 Å². The van der Waals surface area contributed by atoms with Crippen LogP contribution in [0.25, 0.3) is 0 Å². The van der Waals surface area contributed by atoms with E-state index in [-0.39, 0.29) is 13.2 Å². The highest BCUT2D eigenvalue weighted by molar-refractivity contribution is 5.46. The predicted molar refractivity (Wildman–Crippen MR) is 68.1 cm³/mol. The number of tetrazole rings is 1. The molecule has 0 atom stereocenters. The monoisotopic (exact) mass is 276 g/mol. The summed E-state index contributed by atoms with van der Waals surface area (Å²) in [7, 11) is 1.64. The quantitative estimate of drug-likeness (QED) is 0.831. The summed E-state index contributed by atoms with van der Waals surface area (Å²) in [5.41, 5.74) is 0.545. The zero-order valence-electron chi connectivity index (χ0n) is 10.9. The molecule has 0 radical (unpaired) electrons. The maximum atomic E-state index is 13.2. The second-order valence-electron chi connectivity index (χ2n) is 3.90. The van der Waals surface area contributed by atoms with Crippen LogP contribution in [-0.2, 0) is 13.7 Å². The van der Waals surface area contributed by atoms with Crippen LogP contribution in [0.1, 0.15) is 17.8 Å². The van der Waals surface area contributed by atoms with Crippen LogP contribution < -0.4 is 4.74 Å². The molecule has 2 rings (SSSR count). The lowest BCUT2D eigenvalue weighted by atomic mass is 10.2. The first-order valence-electron chi connectivity index (χ1n) is 5.94. The van der Waals surface area contributed by atoms with Crippen molar-refractivity contribution in [3.8, 4) is 17.6 Å². The molecule has 0 amide bonds. The number of aromatic nitrogens is 4. The molecule has 0 unspecified atom stereocenters. The van der Waals surface area contributed by atoms with Gasteiger partial charge in [0.15, 0.2) is 6.61 Å². The van der Waals surface area contributed by atoms with Crippen molar-refractivity contribution in [1.29, 1.82) is 0 Å². The van der Waals surface area contributed by atoms with E-state index < -0.39 is 5.82 Å². The van der Waals surface area contributed by atoms with E-state index in [1.54, 1.807) is 7.05 Å². The second-order valence-corrected chi connectivity index (χ2v) is 3.90. The second kappa shape index (κ2) is 6.63. The van der Waals surface area contributed by atoms with Crippen molar-refractivity contribution in [1.82, 2.24) is 20.2 Å². The number of nitrogens with zero attached hydrogens (tertiary/aromatic N) is 4. The van der Waals surface area contributed by atoms with Crippen molar-refractivity contribution >= 4 is 0 Å². The highest BCUT2D eigenvalue weighted by Crippen LogP contribution is 2.19. The molecule has 0 fully saturated rings. The van der Waals surface area contributed by atoms with Crippen molar-refractivity contribution < 1.29 is 14.2 Å². The smallest absolute Gasteiger partial charge is 0.212 e. The molecule has 0 saturated carbocycles. The zero-order chi connectivity index (χ0) is 14.4. The van der Waals surface area contributed by atoms with Crippen molar-refractivity contribution in [2.75, 3.05) is 6.61 Å². The number of aryl methyl sites for hydroxylation is 1. The first-order chi connectivity index (χ1) is 9.69. The summed E-state index contributed by atoms with van der Waals surface area (Å²) in [6, 6.07) is 4.08. The zero-order valence-corrected chi connectivity index (χ0v) is 10.9. The molecule has 2 aromatic rings. The highest BCUT2D eigenvalue weighted by Gasteiger charge is 2.06. The lowest BCUT2D eigenvalue weighted by Crippen LogP contribution is -2.01. The lowest BCUT2D eigenvalue weighted by molar-refractivity contribution is 0.293. The number of halogens is 1. The van der Waals surface area contributed by atoms with Crippen molar-refractivity contribution in [3.63, 3.8) is 0 Å². The predicted octanol–water partition coefficient (Wildman–Crippen LogP) is 0.662. The van der Waals surface area contributed by atoms with E-state index in [0.29, 0.717) is 23.6 Å². The van der Waals surface area contributed by atoms with Gasteiger partial charge in [-0.2, -0.15) is 4.80 Å². The SMILES string of the molecule is Cn1nnc(COc2cc(F)ccc2C#CCCO)n1. The largest absolute Gasteiger partial charge is 0.484 e. The van der Waals surface area contributed by atoms with Gasteiger partial charge in [-0.15, -0.1) is 10.2 Å². The third-order valence-corrected chi connectivity index (χ3v) is 2.31. The maximum absolute atomic E-state index is 13.2. The summed E-state index contributed by atoms with van der Waals surface area (Å²) in [5, 5.41) is 20.1. The number of rotatable bonds is 4. The van der Waals surface area contributed by atoms with Crippen molar-refractivity contribution in [3.05, 3.63) is 35.4 Å². The Hall–Kier alpha value is -2.46. The molecular weight excluding hydrogens is 263 g/mol. The van der Waals surface area contributed by atoms with Gasteiger partial charge < -0.3 is 9.84 Å². The number of benzene rings is 1. The first kappa shape index (κ1) is 14.0. The molecule has 0 spiro atoms. The fraction of sp³-hybridized carbons (Fsp3) is 0.308. The lowest BCUT2D eigenvalue weighted by Gasteiger charge is -2.06. The Kier molecular flexibility index (Phi) is 4.63. The van der Waals surface area contributed by atoms with Crippen LogP contribution >= 0.6 is 0 Å². The van der Waals surface area contributed by atoms with Gasteiger partial charge in [0.1, 0.15) is 11.6 Å². The molecule has 6 nitrogen and oxygen atoms in total. The van der Waals surface area contributed by atoms with Crippen molar-refractivity contribution in [2.24, 2.45) is 7.05 Å². The van der Waals surface area contributed by atoms with Gasteiger partial charge in [0.25, 0.3) is 0 Å². The summed E-state index contributed by atoms with van der Waals surface area (Å²) >= 11 is 0. The van der Waals surface area contributed by atoms with E-state index in [4.69, 9.17) is 9.84 Å².